The van der Waals surface area contributed by atoms with Gasteiger partial charge in [-0.05, 0) is 47.4 Å². The third-order valence-electron chi connectivity index (χ3n) is 6.48. The third-order valence-corrected chi connectivity index (χ3v) is 6.72. The number of anilines is 1. The number of rotatable bonds is 3. The first-order chi connectivity index (χ1) is 15.2. The van der Waals surface area contributed by atoms with Crippen LogP contribution in [-0.2, 0) is 9.53 Å². The number of nitrogens with one attached hydrogen (secondary N) is 1. The van der Waals surface area contributed by atoms with E-state index in [4.69, 9.17) is 16.3 Å². The molecule has 31 heavy (non-hydrogen) atoms. The van der Waals surface area contributed by atoms with Crippen LogP contribution < -0.4 is 10.2 Å². The molecule has 0 fully saturated rings. The number of hydrogen-bond acceptors (Lipinski definition) is 4. The van der Waals surface area contributed by atoms with Gasteiger partial charge in [-0.1, -0.05) is 66.2 Å². The Morgan fingerprint density at radius 2 is 1.74 bits per heavy atom. The van der Waals surface area contributed by atoms with E-state index >= 15 is 0 Å². The quantitative estimate of drug-likeness (QED) is 0.578. The summed E-state index contributed by atoms with van der Waals surface area (Å²) in [5.41, 5.74) is 7.16. The molecule has 0 saturated carbocycles. The molecule has 3 aliphatic heterocycles. The lowest BCUT2D eigenvalue weighted by Crippen LogP contribution is -2.55. The van der Waals surface area contributed by atoms with Crippen LogP contribution in [0.25, 0.3) is 5.70 Å². The van der Waals surface area contributed by atoms with Crippen LogP contribution in [0.4, 0.5) is 5.69 Å². The molecule has 3 atom stereocenters. The maximum Gasteiger partial charge on any atom is 0.338 e. The van der Waals surface area contributed by atoms with Gasteiger partial charge in [-0.2, -0.15) is 0 Å². The number of esters is 1. The number of hydrogen-bond donors (Lipinski definition) is 1. The molecule has 0 aliphatic carbocycles. The van der Waals surface area contributed by atoms with E-state index < -0.39 is 0 Å². The van der Waals surface area contributed by atoms with Crippen molar-refractivity contribution >= 4 is 29.0 Å². The van der Waals surface area contributed by atoms with Gasteiger partial charge in [0.05, 0.1) is 30.1 Å². The highest BCUT2D eigenvalue weighted by atomic mass is 35.5. The lowest BCUT2D eigenvalue weighted by Gasteiger charge is -2.46. The predicted molar refractivity (Wildman–Crippen MR) is 122 cm³/mol. The van der Waals surface area contributed by atoms with Crippen LogP contribution >= 0.6 is 11.6 Å². The van der Waals surface area contributed by atoms with Crippen LogP contribution in [0, 0.1) is 0 Å². The molecule has 3 aromatic carbocycles. The van der Waals surface area contributed by atoms with Crippen molar-refractivity contribution in [3.63, 3.8) is 0 Å². The molecular weight excluding hydrogens is 408 g/mol. The molecule has 0 amide bonds. The first kappa shape index (κ1) is 18.7. The molecule has 0 saturated heterocycles. The van der Waals surface area contributed by atoms with Crippen LogP contribution in [0.5, 0.6) is 0 Å². The molecule has 4 nitrogen and oxygen atoms in total. The van der Waals surface area contributed by atoms with Crippen LogP contribution in [0.1, 0.15) is 41.1 Å². The minimum absolute atomic E-state index is 0.00162. The molecule has 0 radical (unpaired) electrons. The lowest BCUT2D eigenvalue weighted by atomic mass is 9.78. The van der Waals surface area contributed by atoms with E-state index in [1.54, 1.807) is 0 Å². The van der Waals surface area contributed by atoms with E-state index in [2.05, 4.69) is 52.7 Å². The monoisotopic (exact) mass is 428 g/mol. The number of nitrogens with zero attached hydrogens (tertiary/aromatic N) is 1. The van der Waals surface area contributed by atoms with E-state index in [0.29, 0.717) is 17.2 Å². The Morgan fingerprint density at radius 3 is 2.52 bits per heavy atom. The summed E-state index contributed by atoms with van der Waals surface area (Å²) in [6, 6.07) is 24.3. The molecule has 3 aliphatic rings. The summed E-state index contributed by atoms with van der Waals surface area (Å²) in [4.78, 5) is 15.6. The molecular formula is C26H21ClN2O2. The Hall–Kier alpha value is -3.08. The van der Waals surface area contributed by atoms with Gasteiger partial charge in [0.15, 0.2) is 0 Å². The molecule has 0 spiro atoms. The van der Waals surface area contributed by atoms with E-state index in [-0.39, 0.29) is 24.1 Å². The van der Waals surface area contributed by atoms with Crippen LogP contribution in [0.15, 0.2) is 78.4 Å². The molecule has 0 unspecified atom stereocenters. The first-order valence-corrected chi connectivity index (χ1v) is 11.0. The Kier molecular flexibility index (Phi) is 4.20. The molecule has 5 heteroatoms. The summed E-state index contributed by atoms with van der Waals surface area (Å²) in [5.74, 6) is -0.156. The number of carbonyl (C=O) groups is 1. The summed E-state index contributed by atoms with van der Waals surface area (Å²) >= 11 is 6.43. The zero-order chi connectivity index (χ0) is 21.1. The smallest absolute Gasteiger partial charge is 0.338 e. The Labute approximate surface area is 186 Å². The van der Waals surface area contributed by atoms with E-state index in [1.807, 2.05) is 37.3 Å². The molecule has 3 aromatic rings. The third kappa shape index (κ3) is 2.62. The summed E-state index contributed by atoms with van der Waals surface area (Å²) in [7, 11) is 0. The van der Waals surface area contributed by atoms with Gasteiger partial charge < -0.3 is 9.64 Å². The van der Waals surface area contributed by atoms with Gasteiger partial charge in [-0.3, -0.25) is 5.32 Å². The highest BCUT2D eigenvalue weighted by Gasteiger charge is 2.52. The fourth-order valence-corrected chi connectivity index (χ4v) is 5.55. The van der Waals surface area contributed by atoms with Crippen molar-refractivity contribution in [3.05, 3.63) is 106 Å². The molecule has 2 bridgehead atoms. The Bertz CT molecular complexity index is 1240. The first-order valence-electron chi connectivity index (χ1n) is 10.6. The van der Waals surface area contributed by atoms with Gasteiger partial charge >= 0.3 is 5.97 Å². The fraction of sp³-hybridized carbons (Fsp3) is 0.192. The number of carbonyl (C=O) groups excluding carboxylic acids is 1. The zero-order valence-electron chi connectivity index (χ0n) is 17.0. The van der Waals surface area contributed by atoms with Crippen LogP contribution in [0.3, 0.4) is 0 Å². The van der Waals surface area contributed by atoms with Crippen LogP contribution in [0.2, 0.25) is 5.02 Å². The average molecular weight is 429 g/mol. The molecule has 3 heterocycles. The highest BCUT2D eigenvalue weighted by molar-refractivity contribution is 6.30. The van der Waals surface area contributed by atoms with Gasteiger partial charge in [0, 0.05) is 16.6 Å². The predicted octanol–water partition coefficient (Wildman–Crippen LogP) is 5.25. The maximum absolute atomic E-state index is 13.4. The van der Waals surface area contributed by atoms with Crippen molar-refractivity contribution in [1.82, 2.24) is 5.32 Å². The van der Waals surface area contributed by atoms with Crippen molar-refractivity contribution in [2.24, 2.45) is 0 Å². The van der Waals surface area contributed by atoms with Gasteiger partial charge in [-0.25, -0.2) is 4.79 Å². The average Bonchev–Trinajstić information content (AvgIpc) is 3.14. The standard InChI is InChI=1S/C26H21ClN2O2/c1-2-31-26(30)22-23-18-11-7-6-10-17(18)21-19-14-16(27)12-13-20(19)29(25(21)28-23)24(22)15-8-4-3-5-9-15/h3-14,21,23,25,28H,2H2,1H3/t21-,23+,25+/m0/s1. The molecule has 6 rings (SSSR count). The lowest BCUT2D eigenvalue weighted by molar-refractivity contribution is -0.139. The van der Waals surface area contributed by atoms with Crippen molar-refractivity contribution < 1.29 is 9.53 Å². The van der Waals surface area contributed by atoms with Gasteiger partial charge in [0.1, 0.15) is 0 Å². The summed E-state index contributed by atoms with van der Waals surface area (Å²) < 4.78 is 5.57. The van der Waals surface area contributed by atoms with E-state index in [0.717, 1.165) is 22.5 Å². The number of ether oxygens (including phenoxy) is 1. The number of halogens is 1. The van der Waals surface area contributed by atoms with Crippen LogP contribution in [-0.4, -0.2) is 18.7 Å². The molecule has 0 aromatic heterocycles. The van der Waals surface area contributed by atoms with Gasteiger partial charge in [0.2, 0.25) is 0 Å². The van der Waals surface area contributed by atoms with Gasteiger partial charge in [-0.15, -0.1) is 0 Å². The minimum atomic E-state index is -0.284. The summed E-state index contributed by atoms with van der Waals surface area (Å²) in [6.45, 7) is 2.18. The minimum Gasteiger partial charge on any atom is -0.463 e. The summed E-state index contributed by atoms with van der Waals surface area (Å²) in [6.07, 6.45) is 0.00162. The van der Waals surface area contributed by atoms with Gasteiger partial charge in [0.25, 0.3) is 0 Å². The largest absolute Gasteiger partial charge is 0.463 e. The maximum atomic E-state index is 13.4. The van der Waals surface area contributed by atoms with Crippen molar-refractivity contribution in [1.29, 1.82) is 0 Å². The van der Waals surface area contributed by atoms with Crippen molar-refractivity contribution in [3.8, 4) is 0 Å². The Morgan fingerprint density at radius 1 is 1.00 bits per heavy atom. The Balaban J connectivity index is 1.72. The van der Waals surface area contributed by atoms with Crippen molar-refractivity contribution in [2.75, 3.05) is 11.5 Å². The second kappa shape index (κ2) is 6.98. The normalized spacial score (nSPS) is 22.8. The molecule has 1 N–H and O–H groups in total. The zero-order valence-corrected chi connectivity index (χ0v) is 17.8. The molecule has 154 valence electrons. The summed E-state index contributed by atoms with van der Waals surface area (Å²) in [5, 5.41) is 4.47. The van der Waals surface area contributed by atoms with E-state index in [9.17, 15) is 4.79 Å². The number of fused-ring (bicyclic) bond motifs is 7. The highest BCUT2D eigenvalue weighted by Crippen LogP contribution is 2.56. The number of benzene rings is 3. The SMILES string of the molecule is CCOC(=O)C1=C(c2ccccc2)N2c3ccc(Cl)cc3[C@@H]3c4ccccc4[C@H]1N[C@@H]32. The fourth-order valence-electron chi connectivity index (χ4n) is 5.37. The second-order valence-corrected chi connectivity index (χ2v) is 8.51. The second-order valence-electron chi connectivity index (χ2n) is 8.07. The van der Waals surface area contributed by atoms with Crippen molar-refractivity contribution in [2.45, 2.75) is 25.0 Å². The topological polar surface area (TPSA) is 41.6 Å². The van der Waals surface area contributed by atoms with E-state index in [1.165, 1.54) is 11.1 Å².